The zero-order valence-corrected chi connectivity index (χ0v) is 11.8. The SMILES string of the molecule is COC(=O)C1CC(O)CN1CCc1ccccc1[N+](=O)[O-]. The highest BCUT2D eigenvalue weighted by molar-refractivity contribution is 5.76. The van der Waals surface area contributed by atoms with Gasteiger partial charge in [0, 0.05) is 31.1 Å². The Hall–Kier alpha value is -1.99. The van der Waals surface area contributed by atoms with Crippen LogP contribution < -0.4 is 0 Å². The summed E-state index contributed by atoms with van der Waals surface area (Å²) < 4.78 is 4.73. The Morgan fingerprint density at radius 1 is 1.52 bits per heavy atom. The summed E-state index contributed by atoms with van der Waals surface area (Å²) in [5.41, 5.74) is 0.694. The van der Waals surface area contributed by atoms with Gasteiger partial charge in [-0.05, 0) is 6.42 Å². The maximum atomic E-state index is 11.7. The van der Waals surface area contributed by atoms with E-state index in [2.05, 4.69) is 0 Å². The number of nitro benzene ring substituents is 1. The molecule has 1 N–H and O–H groups in total. The second-order valence-corrected chi connectivity index (χ2v) is 5.06. The predicted molar refractivity (Wildman–Crippen MR) is 74.8 cm³/mol. The Morgan fingerprint density at radius 3 is 2.90 bits per heavy atom. The van der Waals surface area contributed by atoms with Crippen molar-refractivity contribution in [1.82, 2.24) is 4.90 Å². The Balaban J connectivity index is 2.05. The lowest BCUT2D eigenvalue weighted by Gasteiger charge is -2.21. The molecule has 7 heteroatoms. The van der Waals surface area contributed by atoms with Gasteiger partial charge in [-0.15, -0.1) is 0 Å². The highest BCUT2D eigenvalue weighted by Gasteiger charge is 2.36. The van der Waals surface area contributed by atoms with Crippen molar-refractivity contribution in [2.45, 2.75) is 25.0 Å². The number of nitrogens with zero attached hydrogens (tertiary/aromatic N) is 2. The van der Waals surface area contributed by atoms with E-state index in [4.69, 9.17) is 4.74 Å². The number of aliphatic hydroxyl groups excluding tert-OH is 1. The van der Waals surface area contributed by atoms with E-state index in [1.165, 1.54) is 13.2 Å². The van der Waals surface area contributed by atoms with E-state index >= 15 is 0 Å². The molecule has 0 radical (unpaired) electrons. The molecule has 0 saturated carbocycles. The van der Waals surface area contributed by atoms with Crippen LogP contribution >= 0.6 is 0 Å². The molecule has 1 saturated heterocycles. The molecule has 2 atom stereocenters. The standard InChI is InChI=1S/C14H18N2O5/c1-21-14(18)13-8-11(17)9-15(13)7-6-10-4-2-3-5-12(10)16(19)20/h2-5,11,13,17H,6-9H2,1H3. The largest absolute Gasteiger partial charge is 0.468 e. The van der Waals surface area contributed by atoms with Crippen LogP contribution in [0.25, 0.3) is 0 Å². The third-order valence-corrected chi connectivity index (χ3v) is 3.71. The molecule has 1 aromatic carbocycles. The van der Waals surface area contributed by atoms with Gasteiger partial charge in [-0.1, -0.05) is 18.2 Å². The van der Waals surface area contributed by atoms with Crippen molar-refractivity contribution in [3.63, 3.8) is 0 Å². The average Bonchev–Trinajstić information content (AvgIpc) is 2.85. The zero-order valence-electron chi connectivity index (χ0n) is 11.8. The molecule has 7 nitrogen and oxygen atoms in total. The van der Waals surface area contributed by atoms with E-state index in [1.54, 1.807) is 18.2 Å². The summed E-state index contributed by atoms with van der Waals surface area (Å²) >= 11 is 0. The van der Waals surface area contributed by atoms with Crippen molar-refractivity contribution in [2.24, 2.45) is 0 Å². The van der Waals surface area contributed by atoms with E-state index < -0.39 is 17.1 Å². The number of carbonyl (C=O) groups is 1. The second-order valence-electron chi connectivity index (χ2n) is 5.06. The highest BCUT2D eigenvalue weighted by Crippen LogP contribution is 2.22. The summed E-state index contributed by atoms with van der Waals surface area (Å²) in [6, 6.07) is 6.06. The van der Waals surface area contributed by atoms with Gasteiger partial charge in [0.1, 0.15) is 6.04 Å². The van der Waals surface area contributed by atoms with Gasteiger partial charge < -0.3 is 9.84 Å². The molecule has 1 aliphatic heterocycles. The first kappa shape index (κ1) is 15.4. The molecule has 2 unspecified atom stereocenters. The predicted octanol–water partition coefficient (Wildman–Crippen LogP) is 0.746. The first-order chi connectivity index (χ1) is 10.0. The number of methoxy groups -OCH3 is 1. The van der Waals surface area contributed by atoms with Gasteiger partial charge in [0.25, 0.3) is 5.69 Å². The van der Waals surface area contributed by atoms with E-state index in [0.717, 1.165) is 0 Å². The molecule has 2 rings (SSSR count). The van der Waals surface area contributed by atoms with Crippen molar-refractivity contribution >= 4 is 11.7 Å². The molecule has 0 aromatic heterocycles. The summed E-state index contributed by atoms with van der Waals surface area (Å²) in [7, 11) is 1.31. The van der Waals surface area contributed by atoms with Crippen LogP contribution in [0.5, 0.6) is 0 Å². The number of hydrogen-bond acceptors (Lipinski definition) is 6. The smallest absolute Gasteiger partial charge is 0.323 e. The number of likely N-dealkylation sites (tertiary alicyclic amines) is 1. The number of benzene rings is 1. The maximum Gasteiger partial charge on any atom is 0.323 e. The van der Waals surface area contributed by atoms with Crippen LogP contribution in [0.3, 0.4) is 0 Å². The lowest BCUT2D eigenvalue weighted by molar-refractivity contribution is -0.385. The number of carbonyl (C=O) groups excluding carboxylic acids is 1. The molecule has 114 valence electrons. The quantitative estimate of drug-likeness (QED) is 0.489. The van der Waals surface area contributed by atoms with Gasteiger partial charge in [-0.25, -0.2) is 0 Å². The third kappa shape index (κ3) is 3.56. The Morgan fingerprint density at radius 2 is 2.24 bits per heavy atom. The van der Waals surface area contributed by atoms with Crippen molar-refractivity contribution in [3.8, 4) is 0 Å². The maximum absolute atomic E-state index is 11.7. The van der Waals surface area contributed by atoms with E-state index in [9.17, 15) is 20.0 Å². The molecule has 0 bridgehead atoms. The van der Waals surface area contributed by atoms with E-state index in [0.29, 0.717) is 31.5 Å². The lowest BCUT2D eigenvalue weighted by atomic mass is 10.1. The minimum Gasteiger partial charge on any atom is -0.468 e. The third-order valence-electron chi connectivity index (χ3n) is 3.71. The molecule has 1 aromatic rings. The first-order valence-electron chi connectivity index (χ1n) is 6.75. The molecular formula is C14H18N2O5. The number of nitro groups is 1. The summed E-state index contributed by atoms with van der Waals surface area (Å²) in [5.74, 6) is -0.380. The van der Waals surface area contributed by atoms with Crippen molar-refractivity contribution in [3.05, 3.63) is 39.9 Å². The van der Waals surface area contributed by atoms with Crippen molar-refractivity contribution in [2.75, 3.05) is 20.2 Å². The fraction of sp³-hybridized carbons (Fsp3) is 0.500. The molecule has 0 aliphatic carbocycles. The van der Waals surface area contributed by atoms with Gasteiger partial charge in [0.2, 0.25) is 0 Å². The number of para-hydroxylation sites is 1. The Bertz CT molecular complexity index is 534. The van der Waals surface area contributed by atoms with Gasteiger partial charge in [0.05, 0.1) is 18.1 Å². The summed E-state index contributed by atoms with van der Waals surface area (Å²) in [6.45, 7) is 0.835. The van der Waals surface area contributed by atoms with Crippen LogP contribution in [-0.4, -0.2) is 53.2 Å². The lowest BCUT2D eigenvalue weighted by Crippen LogP contribution is -2.38. The minimum atomic E-state index is -0.570. The molecule has 1 heterocycles. The van der Waals surface area contributed by atoms with Gasteiger partial charge >= 0.3 is 5.97 Å². The molecule has 1 aliphatic rings. The number of esters is 1. The summed E-state index contributed by atoms with van der Waals surface area (Å²) in [4.78, 5) is 24.0. The summed E-state index contributed by atoms with van der Waals surface area (Å²) in [5, 5.41) is 20.7. The van der Waals surface area contributed by atoms with Gasteiger partial charge in [-0.3, -0.25) is 19.8 Å². The van der Waals surface area contributed by atoms with Crippen LogP contribution in [0, 0.1) is 10.1 Å². The minimum absolute atomic E-state index is 0.0758. The number of hydrogen-bond donors (Lipinski definition) is 1. The topological polar surface area (TPSA) is 92.9 Å². The highest BCUT2D eigenvalue weighted by atomic mass is 16.6. The number of ether oxygens (including phenoxy) is 1. The number of aliphatic hydroxyl groups is 1. The molecule has 0 amide bonds. The number of rotatable bonds is 5. The van der Waals surface area contributed by atoms with Crippen molar-refractivity contribution < 1.29 is 19.6 Å². The van der Waals surface area contributed by atoms with Gasteiger partial charge in [-0.2, -0.15) is 0 Å². The van der Waals surface area contributed by atoms with Crippen LogP contribution in [0.15, 0.2) is 24.3 Å². The Kier molecular flexibility index (Phi) is 4.87. The van der Waals surface area contributed by atoms with E-state index in [1.807, 2.05) is 4.90 Å². The molecule has 1 fully saturated rings. The van der Waals surface area contributed by atoms with E-state index in [-0.39, 0.29) is 11.7 Å². The number of β-amino-alcohol motifs (C(OH)–C–C–N with tert-alkyl or cyclic N) is 1. The van der Waals surface area contributed by atoms with Crippen LogP contribution in [0.1, 0.15) is 12.0 Å². The molecule has 21 heavy (non-hydrogen) atoms. The molecule has 0 spiro atoms. The second kappa shape index (κ2) is 6.64. The fourth-order valence-electron chi connectivity index (χ4n) is 2.67. The van der Waals surface area contributed by atoms with Crippen molar-refractivity contribution in [1.29, 1.82) is 0 Å². The summed E-state index contributed by atoms with van der Waals surface area (Å²) in [6.07, 6.45) is 0.209. The zero-order chi connectivity index (χ0) is 15.4. The first-order valence-corrected chi connectivity index (χ1v) is 6.75. The normalized spacial score (nSPS) is 22.2. The average molecular weight is 294 g/mol. The van der Waals surface area contributed by atoms with Crippen LogP contribution in [0.4, 0.5) is 5.69 Å². The molecular weight excluding hydrogens is 276 g/mol. The van der Waals surface area contributed by atoms with Crippen LogP contribution in [0.2, 0.25) is 0 Å². The monoisotopic (exact) mass is 294 g/mol. The Labute approximate surface area is 122 Å². The van der Waals surface area contributed by atoms with Crippen LogP contribution in [-0.2, 0) is 16.0 Å². The van der Waals surface area contributed by atoms with Gasteiger partial charge in [0.15, 0.2) is 0 Å². The fourth-order valence-corrected chi connectivity index (χ4v) is 2.67.